The van der Waals surface area contributed by atoms with Gasteiger partial charge < -0.3 is 0 Å². The van der Waals surface area contributed by atoms with Crippen LogP contribution >= 0.6 is 11.9 Å². The second kappa shape index (κ2) is 4.18. The molecule has 1 aromatic rings. The summed E-state index contributed by atoms with van der Waals surface area (Å²) in [4.78, 5) is 1.39. The van der Waals surface area contributed by atoms with Crippen molar-refractivity contribution in [1.82, 2.24) is 4.31 Å². The van der Waals surface area contributed by atoms with Gasteiger partial charge in [0.1, 0.15) is 0 Å². The van der Waals surface area contributed by atoms with Crippen molar-refractivity contribution in [3.8, 4) is 0 Å². The Morgan fingerprint density at radius 3 is 2.33 bits per heavy atom. The normalized spacial score (nSPS) is 30.7. The molecule has 3 fully saturated rings. The molecule has 2 heterocycles. The van der Waals surface area contributed by atoms with Crippen LogP contribution in [0.25, 0.3) is 0 Å². The van der Waals surface area contributed by atoms with E-state index in [9.17, 15) is 0 Å². The van der Waals surface area contributed by atoms with Gasteiger partial charge in [-0.25, -0.2) is 4.31 Å². The van der Waals surface area contributed by atoms with E-state index in [1.807, 2.05) is 11.9 Å². The topological polar surface area (TPSA) is 3.24 Å². The average Bonchev–Trinajstić information content (AvgIpc) is 2.32. The lowest BCUT2D eigenvalue weighted by atomic mass is 9.82. The summed E-state index contributed by atoms with van der Waals surface area (Å²) in [6.07, 6.45) is 5.78. The monoisotopic (exact) mass is 219 g/mol. The van der Waals surface area contributed by atoms with Gasteiger partial charge in [-0.1, -0.05) is 18.2 Å². The molecule has 4 rings (SSSR count). The van der Waals surface area contributed by atoms with Crippen LogP contribution in [0.2, 0.25) is 0 Å². The lowest BCUT2D eigenvalue weighted by Gasteiger charge is -2.44. The fourth-order valence-corrected chi connectivity index (χ4v) is 3.94. The maximum atomic E-state index is 2.62. The summed E-state index contributed by atoms with van der Waals surface area (Å²) in [5.74, 6) is 0.978. The van der Waals surface area contributed by atoms with Crippen LogP contribution in [0.1, 0.15) is 25.7 Å². The molecule has 1 aliphatic carbocycles. The first-order chi connectivity index (χ1) is 7.42. The van der Waals surface area contributed by atoms with Gasteiger partial charge in [0.25, 0.3) is 0 Å². The highest BCUT2D eigenvalue weighted by Crippen LogP contribution is 2.40. The largest absolute Gasteiger partial charge is 0.243 e. The predicted octanol–water partition coefficient (Wildman–Crippen LogP) is 3.57. The fraction of sp³-hybridized carbons (Fsp3) is 0.538. The van der Waals surface area contributed by atoms with Crippen molar-refractivity contribution in [3.05, 3.63) is 30.3 Å². The molecule has 2 saturated heterocycles. The van der Waals surface area contributed by atoms with Crippen LogP contribution in [0.15, 0.2) is 35.2 Å². The van der Waals surface area contributed by atoms with Crippen molar-refractivity contribution in [3.63, 3.8) is 0 Å². The number of fused-ring (bicyclic) bond motifs is 3. The van der Waals surface area contributed by atoms with Crippen molar-refractivity contribution in [2.75, 3.05) is 6.54 Å². The molecule has 15 heavy (non-hydrogen) atoms. The molecule has 0 N–H and O–H groups in total. The van der Waals surface area contributed by atoms with Gasteiger partial charge in [0.2, 0.25) is 0 Å². The Kier molecular flexibility index (Phi) is 2.72. The minimum absolute atomic E-state index is 0.847. The molecule has 2 heteroatoms. The summed E-state index contributed by atoms with van der Waals surface area (Å²) in [6, 6.07) is 11.6. The molecular formula is C13H17NS. The summed E-state index contributed by atoms with van der Waals surface area (Å²) < 4.78 is 2.62. The maximum absolute atomic E-state index is 2.62. The average molecular weight is 219 g/mol. The zero-order chi connectivity index (χ0) is 10.1. The van der Waals surface area contributed by atoms with Crippen molar-refractivity contribution >= 4 is 11.9 Å². The van der Waals surface area contributed by atoms with E-state index in [0.717, 1.165) is 12.0 Å². The van der Waals surface area contributed by atoms with Crippen LogP contribution in [0.5, 0.6) is 0 Å². The first-order valence-electron chi connectivity index (χ1n) is 5.91. The molecule has 3 aliphatic rings. The number of piperidine rings is 2. The maximum Gasteiger partial charge on any atom is 0.0230 e. The Balaban J connectivity index is 1.69. The molecule has 0 unspecified atom stereocenters. The van der Waals surface area contributed by atoms with Crippen molar-refractivity contribution in [2.24, 2.45) is 5.92 Å². The van der Waals surface area contributed by atoms with Crippen molar-refractivity contribution < 1.29 is 0 Å². The smallest absolute Gasteiger partial charge is 0.0230 e. The van der Waals surface area contributed by atoms with Crippen LogP contribution in [0.3, 0.4) is 0 Å². The van der Waals surface area contributed by atoms with E-state index in [-0.39, 0.29) is 0 Å². The molecule has 0 aromatic heterocycles. The van der Waals surface area contributed by atoms with E-state index in [1.165, 1.54) is 37.1 Å². The van der Waals surface area contributed by atoms with E-state index < -0.39 is 0 Å². The lowest BCUT2D eigenvalue weighted by Crippen LogP contribution is -2.43. The third-order valence-corrected chi connectivity index (χ3v) is 4.79. The zero-order valence-electron chi connectivity index (χ0n) is 8.93. The highest BCUT2D eigenvalue weighted by atomic mass is 32.2. The quantitative estimate of drug-likeness (QED) is 0.700. The third kappa shape index (κ3) is 2.06. The first kappa shape index (κ1) is 9.73. The molecule has 80 valence electrons. The highest BCUT2D eigenvalue weighted by Gasteiger charge is 2.34. The van der Waals surface area contributed by atoms with Gasteiger partial charge in [0.05, 0.1) is 0 Å². The molecular weight excluding hydrogens is 202 g/mol. The molecule has 2 bridgehead atoms. The molecule has 1 aromatic carbocycles. The van der Waals surface area contributed by atoms with Gasteiger partial charge in [-0.3, -0.25) is 0 Å². The number of hydrogen-bond acceptors (Lipinski definition) is 2. The number of hydrogen-bond donors (Lipinski definition) is 0. The van der Waals surface area contributed by atoms with Crippen LogP contribution in [-0.2, 0) is 0 Å². The Morgan fingerprint density at radius 2 is 1.73 bits per heavy atom. The molecule has 0 amide bonds. The molecule has 2 aliphatic heterocycles. The highest BCUT2D eigenvalue weighted by molar-refractivity contribution is 7.97. The van der Waals surface area contributed by atoms with Gasteiger partial charge in [-0.2, -0.15) is 0 Å². The van der Waals surface area contributed by atoms with Gasteiger partial charge in [-0.15, -0.1) is 0 Å². The van der Waals surface area contributed by atoms with Crippen LogP contribution in [0, 0.1) is 5.92 Å². The standard InChI is InChI=1S/C13H17NS/c1-2-4-13(5-3-1)15-14-10-11-6-8-12(14)9-7-11/h1-5,11-12H,6-10H2. The third-order valence-electron chi connectivity index (χ3n) is 3.63. The van der Waals surface area contributed by atoms with E-state index in [4.69, 9.17) is 0 Å². The number of rotatable bonds is 2. The van der Waals surface area contributed by atoms with E-state index >= 15 is 0 Å². The Bertz CT molecular complexity index is 317. The number of nitrogens with zero attached hydrogens (tertiary/aromatic N) is 1. The van der Waals surface area contributed by atoms with E-state index in [2.05, 4.69) is 34.6 Å². The summed E-state index contributed by atoms with van der Waals surface area (Å²) in [6.45, 7) is 1.31. The van der Waals surface area contributed by atoms with Gasteiger partial charge in [0.15, 0.2) is 0 Å². The van der Waals surface area contributed by atoms with Gasteiger partial charge in [-0.05, 0) is 55.7 Å². The van der Waals surface area contributed by atoms with E-state index in [0.29, 0.717) is 0 Å². The summed E-state index contributed by atoms with van der Waals surface area (Å²) in [5, 5.41) is 0. The Morgan fingerprint density at radius 1 is 1.00 bits per heavy atom. The molecule has 1 saturated carbocycles. The second-order valence-corrected chi connectivity index (χ2v) is 5.80. The summed E-state index contributed by atoms with van der Waals surface area (Å²) >= 11 is 1.96. The van der Waals surface area contributed by atoms with E-state index in [1.54, 1.807) is 0 Å². The Labute approximate surface area is 96.0 Å². The van der Waals surface area contributed by atoms with Crippen LogP contribution in [-0.4, -0.2) is 16.9 Å². The van der Waals surface area contributed by atoms with Crippen molar-refractivity contribution in [1.29, 1.82) is 0 Å². The molecule has 0 radical (unpaired) electrons. The SMILES string of the molecule is c1ccc(SN2CC3CCC2CC3)cc1. The van der Waals surface area contributed by atoms with Crippen LogP contribution in [0.4, 0.5) is 0 Å². The minimum atomic E-state index is 0.847. The van der Waals surface area contributed by atoms with Crippen LogP contribution < -0.4 is 0 Å². The second-order valence-electron chi connectivity index (χ2n) is 4.68. The van der Waals surface area contributed by atoms with Gasteiger partial charge >= 0.3 is 0 Å². The predicted molar refractivity (Wildman–Crippen MR) is 64.8 cm³/mol. The lowest BCUT2D eigenvalue weighted by molar-refractivity contribution is 0.131. The minimum Gasteiger partial charge on any atom is -0.243 e. The fourth-order valence-electron chi connectivity index (χ4n) is 2.75. The summed E-state index contributed by atoms with van der Waals surface area (Å²) in [7, 11) is 0. The molecule has 0 spiro atoms. The Hall–Kier alpha value is -0.470. The van der Waals surface area contributed by atoms with Gasteiger partial charge in [0, 0.05) is 17.5 Å². The molecule has 1 nitrogen and oxygen atoms in total. The molecule has 0 atom stereocenters. The zero-order valence-corrected chi connectivity index (χ0v) is 9.75. The first-order valence-corrected chi connectivity index (χ1v) is 6.69. The summed E-state index contributed by atoms with van der Waals surface area (Å²) in [5.41, 5.74) is 0. The van der Waals surface area contributed by atoms with Crippen molar-refractivity contribution in [2.45, 2.75) is 36.6 Å². The number of benzene rings is 1.